The topological polar surface area (TPSA) is 32.7 Å². The van der Waals surface area contributed by atoms with Gasteiger partial charge in [0.2, 0.25) is 0 Å². The van der Waals surface area contributed by atoms with Gasteiger partial charge in [-0.3, -0.25) is 0 Å². The molecular weight excluding hydrogens is 355 g/mol. The number of nitrogens with zero attached hydrogens (tertiary/aromatic N) is 2. The first-order valence-electron chi connectivity index (χ1n) is 6.08. The van der Waals surface area contributed by atoms with Crippen molar-refractivity contribution < 1.29 is 4.21 Å². The molecule has 2 aliphatic heterocycles. The summed E-state index contributed by atoms with van der Waals surface area (Å²) in [5, 5.41) is 0. The van der Waals surface area contributed by atoms with Gasteiger partial charge in [0.1, 0.15) is 0 Å². The van der Waals surface area contributed by atoms with Crippen molar-refractivity contribution >= 4 is 47.3 Å². The summed E-state index contributed by atoms with van der Waals surface area (Å²) in [5.74, 6) is 0. The van der Waals surface area contributed by atoms with Crippen molar-refractivity contribution in [3.63, 3.8) is 0 Å². The summed E-state index contributed by atoms with van der Waals surface area (Å²) < 4.78 is 13.5. The van der Waals surface area contributed by atoms with Gasteiger partial charge in [0.05, 0.1) is 0 Å². The van der Waals surface area contributed by atoms with Crippen LogP contribution in [0.15, 0.2) is 63.0 Å². The van der Waals surface area contributed by atoms with E-state index in [9.17, 15) is 4.21 Å². The van der Waals surface area contributed by atoms with Gasteiger partial charge in [0, 0.05) is 0 Å². The number of fused-ring (bicyclic) bond motifs is 1. The van der Waals surface area contributed by atoms with E-state index >= 15 is 0 Å². The van der Waals surface area contributed by atoms with E-state index < -0.39 is 0 Å². The van der Waals surface area contributed by atoms with Gasteiger partial charge in [-0.25, -0.2) is 0 Å². The Hall–Kier alpha value is -1.07. The predicted molar refractivity (Wildman–Crippen MR) is 87.4 cm³/mol. The molecule has 20 heavy (non-hydrogen) atoms. The molecule has 3 rings (SSSR count). The second-order valence-electron chi connectivity index (χ2n) is 4.21. The van der Waals surface area contributed by atoms with Crippen LogP contribution in [0.2, 0.25) is 0 Å². The maximum atomic E-state index is 11.3. The van der Waals surface area contributed by atoms with E-state index in [0.29, 0.717) is 11.3 Å². The summed E-state index contributed by atoms with van der Waals surface area (Å²) in [6, 6.07) is 10.3. The first kappa shape index (κ1) is 13.9. The van der Waals surface area contributed by atoms with Crippen molar-refractivity contribution in [1.82, 2.24) is 4.90 Å². The van der Waals surface area contributed by atoms with E-state index in [2.05, 4.69) is 28.2 Å². The molecule has 3 nitrogen and oxygen atoms in total. The summed E-state index contributed by atoms with van der Waals surface area (Å²) in [7, 11) is 0. The van der Waals surface area contributed by atoms with Gasteiger partial charge in [-0.1, -0.05) is 0 Å². The molecule has 0 N–H and O–H groups in total. The Morgan fingerprint density at radius 2 is 2.20 bits per heavy atom. The van der Waals surface area contributed by atoms with E-state index in [-0.39, 0.29) is 21.0 Å². The fourth-order valence-corrected chi connectivity index (χ4v) is 6.09. The van der Waals surface area contributed by atoms with Crippen molar-refractivity contribution in [3.8, 4) is 0 Å². The van der Waals surface area contributed by atoms with Crippen molar-refractivity contribution in [2.75, 3.05) is 6.67 Å². The van der Waals surface area contributed by atoms with Gasteiger partial charge in [0.25, 0.3) is 0 Å². The Balaban J connectivity index is 1.69. The average Bonchev–Trinajstić information content (AvgIpc) is 2.95. The molecule has 0 aromatic heterocycles. The Kier molecular flexibility index (Phi) is 4.58. The van der Waals surface area contributed by atoms with E-state index in [4.69, 9.17) is 0 Å². The third-order valence-electron chi connectivity index (χ3n) is 2.86. The molecule has 2 aliphatic rings. The van der Waals surface area contributed by atoms with Crippen LogP contribution in [0.1, 0.15) is 0 Å². The zero-order valence-corrected chi connectivity index (χ0v) is 13.9. The van der Waals surface area contributed by atoms with Crippen LogP contribution in [0.4, 0.5) is 0 Å². The standard InChI is InChI=1S/C14H12N2OS2Se/c17-19-14(18-12-4-2-1-3-5-12)20-13-6-7-16-10-15-9-11(16)8-13/h1-9,11H,10H2. The molecule has 0 spiro atoms. The summed E-state index contributed by atoms with van der Waals surface area (Å²) in [6.45, 7) is 0.740. The monoisotopic (exact) mass is 368 g/mol. The van der Waals surface area contributed by atoms with E-state index in [1.165, 1.54) is 4.47 Å². The zero-order valence-electron chi connectivity index (χ0n) is 10.5. The maximum absolute atomic E-state index is 11.3. The molecule has 1 unspecified atom stereocenters. The Morgan fingerprint density at radius 3 is 3.00 bits per heavy atom. The van der Waals surface area contributed by atoms with E-state index in [1.807, 2.05) is 36.5 Å². The van der Waals surface area contributed by atoms with E-state index in [1.54, 1.807) is 11.8 Å². The van der Waals surface area contributed by atoms with Crippen LogP contribution < -0.4 is 0 Å². The van der Waals surface area contributed by atoms with Crippen LogP contribution in [0.25, 0.3) is 0 Å². The SMILES string of the molecule is O=S=C(Sc1ccccc1)[Se]C1=CC2C=NCN2C=C1. The number of hydrogen-bond acceptors (Lipinski definition) is 4. The quantitative estimate of drug-likeness (QED) is 0.465. The summed E-state index contributed by atoms with van der Waals surface area (Å²) in [6.07, 6.45) is 8.36. The fourth-order valence-electron chi connectivity index (χ4n) is 1.91. The second-order valence-corrected chi connectivity index (χ2v) is 9.57. The van der Waals surface area contributed by atoms with Gasteiger partial charge in [-0.15, -0.1) is 0 Å². The van der Waals surface area contributed by atoms with Gasteiger partial charge >= 0.3 is 132 Å². The van der Waals surface area contributed by atoms with Crippen LogP contribution in [0.5, 0.6) is 0 Å². The molecule has 0 aliphatic carbocycles. The Labute approximate surface area is 132 Å². The number of aliphatic imine (C=N–C) groups is 1. The fraction of sp³-hybridized carbons (Fsp3) is 0.143. The number of hydrogen-bond donors (Lipinski definition) is 0. The summed E-state index contributed by atoms with van der Waals surface area (Å²) in [5.41, 5.74) is 0. The first-order valence-corrected chi connectivity index (χ1v) is 9.35. The molecule has 1 atom stereocenters. The zero-order chi connectivity index (χ0) is 13.8. The third-order valence-corrected chi connectivity index (χ3v) is 7.36. The van der Waals surface area contributed by atoms with Crippen molar-refractivity contribution in [1.29, 1.82) is 0 Å². The van der Waals surface area contributed by atoms with Crippen LogP contribution in [0, 0.1) is 0 Å². The van der Waals surface area contributed by atoms with Crippen LogP contribution >= 0.6 is 11.8 Å². The van der Waals surface area contributed by atoms with Crippen molar-refractivity contribution in [2.45, 2.75) is 10.9 Å². The number of rotatable bonds is 3. The molecule has 0 radical (unpaired) electrons. The van der Waals surface area contributed by atoms with Crippen molar-refractivity contribution in [2.24, 2.45) is 4.99 Å². The van der Waals surface area contributed by atoms with Gasteiger partial charge in [-0.2, -0.15) is 0 Å². The molecular formula is C14H12N2OS2Se. The number of allylic oxidation sites excluding steroid dienone is 2. The molecule has 1 aromatic carbocycles. The van der Waals surface area contributed by atoms with E-state index in [0.717, 1.165) is 14.7 Å². The van der Waals surface area contributed by atoms with Gasteiger partial charge in [0.15, 0.2) is 0 Å². The van der Waals surface area contributed by atoms with Crippen molar-refractivity contribution in [3.05, 3.63) is 53.2 Å². The Morgan fingerprint density at radius 1 is 1.35 bits per heavy atom. The third kappa shape index (κ3) is 3.33. The number of thioether (sulfide) groups is 1. The molecule has 0 bridgehead atoms. The normalized spacial score (nSPS) is 19.7. The van der Waals surface area contributed by atoms with Crippen LogP contribution in [-0.2, 0) is 11.3 Å². The summed E-state index contributed by atoms with van der Waals surface area (Å²) >= 11 is 2.27. The van der Waals surface area contributed by atoms with Gasteiger partial charge < -0.3 is 0 Å². The molecule has 6 heteroatoms. The van der Waals surface area contributed by atoms with Crippen LogP contribution in [0.3, 0.4) is 0 Å². The molecule has 0 fully saturated rings. The molecule has 0 saturated heterocycles. The second kappa shape index (κ2) is 6.59. The van der Waals surface area contributed by atoms with Crippen LogP contribution in [-0.4, -0.2) is 46.1 Å². The average molecular weight is 367 g/mol. The molecule has 0 saturated carbocycles. The minimum absolute atomic E-state index is 0.0753. The van der Waals surface area contributed by atoms with Gasteiger partial charge in [-0.05, 0) is 0 Å². The Bertz CT molecular complexity index is 636. The molecule has 2 heterocycles. The predicted octanol–water partition coefficient (Wildman–Crippen LogP) is 1.91. The number of benzene rings is 1. The molecule has 1 aromatic rings. The first-order chi connectivity index (χ1) is 9.85. The summed E-state index contributed by atoms with van der Waals surface area (Å²) in [4.78, 5) is 7.56. The molecule has 102 valence electrons. The molecule has 0 amide bonds. The minimum atomic E-state index is 0.0753.